The van der Waals surface area contributed by atoms with E-state index in [-0.39, 0.29) is 11.9 Å². The van der Waals surface area contributed by atoms with E-state index in [1.54, 1.807) is 6.20 Å². The topological polar surface area (TPSA) is 54.0 Å². The molecular weight excluding hydrogens is 306 g/mol. The largest absolute Gasteiger partial charge is 0.380 e. The van der Waals surface area contributed by atoms with Gasteiger partial charge in [-0.15, -0.1) is 11.3 Å². The summed E-state index contributed by atoms with van der Waals surface area (Å²) in [6.45, 7) is 6.53. The predicted molar refractivity (Wildman–Crippen MR) is 88.2 cm³/mol. The molecule has 4 nitrogen and oxygen atoms in total. The number of aromatic nitrogens is 1. The molecule has 2 N–H and O–H groups in total. The Balaban J connectivity index is 2.09. The summed E-state index contributed by atoms with van der Waals surface area (Å²) in [6, 6.07) is 5.77. The third kappa shape index (κ3) is 4.44. The summed E-state index contributed by atoms with van der Waals surface area (Å²) >= 11 is 7.26. The molecule has 0 saturated carbocycles. The summed E-state index contributed by atoms with van der Waals surface area (Å²) in [6.07, 6.45) is 1.75. The minimum absolute atomic E-state index is 0.0612. The van der Waals surface area contributed by atoms with Crippen molar-refractivity contribution in [3.8, 4) is 0 Å². The lowest BCUT2D eigenvalue weighted by Crippen LogP contribution is -2.30. The number of carbonyl (C=O) groups excluding carboxylic acids is 1. The molecule has 112 valence electrons. The molecule has 1 aromatic heterocycles. The zero-order valence-corrected chi connectivity index (χ0v) is 13.8. The quantitative estimate of drug-likeness (QED) is 0.878. The molecule has 6 heteroatoms. The van der Waals surface area contributed by atoms with Gasteiger partial charge in [-0.1, -0.05) is 17.7 Å². The predicted octanol–water partition coefficient (Wildman–Crippen LogP) is 3.86. The first kappa shape index (κ1) is 15.8. The highest BCUT2D eigenvalue weighted by Gasteiger charge is 2.09. The molecular formula is C15H18ClN3OS. The molecule has 0 aliphatic carbocycles. The van der Waals surface area contributed by atoms with Crippen molar-refractivity contribution >= 4 is 34.5 Å². The van der Waals surface area contributed by atoms with Crippen molar-refractivity contribution in [3.05, 3.63) is 44.9 Å². The van der Waals surface area contributed by atoms with Crippen LogP contribution in [0.2, 0.25) is 4.47 Å². The lowest BCUT2D eigenvalue weighted by atomic mass is 10.1. The molecule has 0 atom stereocenters. The van der Waals surface area contributed by atoms with Crippen LogP contribution in [0.15, 0.2) is 24.4 Å². The number of aryl methyl sites for hydroxylation is 1. The van der Waals surface area contributed by atoms with E-state index >= 15 is 0 Å². The standard InChI is InChI=1S/C15H18ClN3OS/c1-9(2)19-14(20)11-5-4-10(3)13(6-11)17-7-12-8-18-15(16)21-12/h4-6,8-9,17H,7H2,1-3H3,(H,19,20). The van der Waals surface area contributed by atoms with Gasteiger partial charge in [-0.25, -0.2) is 4.98 Å². The Morgan fingerprint density at radius 3 is 2.81 bits per heavy atom. The number of nitrogens with one attached hydrogen (secondary N) is 2. The van der Waals surface area contributed by atoms with Crippen LogP contribution >= 0.6 is 22.9 Å². The molecule has 0 saturated heterocycles. The Morgan fingerprint density at radius 2 is 2.19 bits per heavy atom. The Kier molecular flexibility index (Phi) is 5.20. The van der Waals surface area contributed by atoms with Crippen molar-refractivity contribution in [2.75, 3.05) is 5.32 Å². The van der Waals surface area contributed by atoms with Gasteiger partial charge in [0.05, 0.1) is 6.54 Å². The van der Waals surface area contributed by atoms with Gasteiger partial charge < -0.3 is 10.6 Å². The molecule has 0 bridgehead atoms. The molecule has 0 aliphatic heterocycles. The highest BCUT2D eigenvalue weighted by atomic mass is 35.5. The first-order valence-corrected chi connectivity index (χ1v) is 7.90. The van der Waals surface area contributed by atoms with E-state index in [0.717, 1.165) is 16.1 Å². The smallest absolute Gasteiger partial charge is 0.251 e. The number of hydrogen-bond donors (Lipinski definition) is 2. The van der Waals surface area contributed by atoms with Crippen LogP contribution in [0.1, 0.15) is 34.6 Å². The van der Waals surface area contributed by atoms with Crippen LogP contribution in [0.25, 0.3) is 0 Å². The van der Waals surface area contributed by atoms with E-state index in [4.69, 9.17) is 11.6 Å². The maximum atomic E-state index is 12.0. The molecule has 0 fully saturated rings. The van der Waals surface area contributed by atoms with Gasteiger partial charge in [0.25, 0.3) is 5.91 Å². The normalized spacial score (nSPS) is 10.7. The van der Waals surface area contributed by atoms with Gasteiger partial charge in [-0.3, -0.25) is 4.79 Å². The van der Waals surface area contributed by atoms with Crippen LogP contribution < -0.4 is 10.6 Å². The van der Waals surface area contributed by atoms with Gasteiger partial charge in [0.1, 0.15) is 0 Å². The second kappa shape index (κ2) is 6.91. The van der Waals surface area contributed by atoms with Crippen LogP contribution in [0.3, 0.4) is 0 Å². The molecule has 1 amide bonds. The van der Waals surface area contributed by atoms with E-state index in [0.29, 0.717) is 16.6 Å². The SMILES string of the molecule is Cc1ccc(C(=O)NC(C)C)cc1NCc1cnc(Cl)s1. The fraction of sp³-hybridized carbons (Fsp3) is 0.333. The number of thiazole rings is 1. The van der Waals surface area contributed by atoms with Crippen molar-refractivity contribution in [3.63, 3.8) is 0 Å². The molecule has 1 aromatic carbocycles. The highest BCUT2D eigenvalue weighted by molar-refractivity contribution is 7.15. The number of benzene rings is 1. The van der Waals surface area contributed by atoms with Crippen molar-refractivity contribution in [1.29, 1.82) is 0 Å². The third-order valence-electron chi connectivity index (χ3n) is 2.90. The Hall–Kier alpha value is -1.59. The second-order valence-corrected chi connectivity index (χ2v) is 6.79. The molecule has 1 heterocycles. The second-order valence-electron chi connectivity index (χ2n) is 5.09. The van der Waals surface area contributed by atoms with E-state index in [1.807, 2.05) is 39.0 Å². The Bertz CT molecular complexity index is 640. The van der Waals surface area contributed by atoms with Crippen molar-refractivity contribution < 1.29 is 4.79 Å². The van der Waals surface area contributed by atoms with Crippen LogP contribution in [0, 0.1) is 6.92 Å². The maximum absolute atomic E-state index is 12.0. The zero-order chi connectivity index (χ0) is 15.4. The lowest BCUT2D eigenvalue weighted by Gasteiger charge is -2.12. The van der Waals surface area contributed by atoms with E-state index in [2.05, 4.69) is 15.6 Å². The Morgan fingerprint density at radius 1 is 1.43 bits per heavy atom. The van der Waals surface area contributed by atoms with E-state index in [1.165, 1.54) is 11.3 Å². The lowest BCUT2D eigenvalue weighted by molar-refractivity contribution is 0.0943. The number of halogens is 1. The van der Waals surface area contributed by atoms with Gasteiger partial charge in [0.15, 0.2) is 4.47 Å². The fourth-order valence-corrected chi connectivity index (χ4v) is 2.76. The van der Waals surface area contributed by atoms with Gasteiger partial charge in [0.2, 0.25) is 0 Å². The molecule has 0 unspecified atom stereocenters. The summed E-state index contributed by atoms with van der Waals surface area (Å²) in [5.41, 5.74) is 2.68. The first-order chi connectivity index (χ1) is 9.95. The molecule has 2 rings (SSSR count). The van der Waals surface area contributed by atoms with Crippen molar-refractivity contribution in [2.45, 2.75) is 33.4 Å². The van der Waals surface area contributed by atoms with E-state index < -0.39 is 0 Å². The van der Waals surface area contributed by atoms with Crippen molar-refractivity contribution in [2.24, 2.45) is 0 Å². The first-order valence-electron chi connectivity index (χ1n) is 6.71. The van der Waals surface area contributed by atoms with Crippen LogP contribution in [0.4, 0.5) is 5.69 Å². The number of amides is 1. The highest BCUT2D eigenvalue weighted by Crippen LogP contribution is 2.21. The monoisotopic (exact) mass is 323 g/mol. The number of anilines is 1. The average Bonchev–Trinajstić information content (AvgIpc) is 2.82. The summed E-state index contributed by atoms with van der Waals surface area (Å²) < 4.78 is 0.536. The molecule has 0 aliphatic rings. The van der Waals surface area contributed by atoms with Crippen LogP contribution in [-0.4, -0.2) is 16.9 Å². The van der Waals surface area contributed by atoms with E-state index in [9.17, 15) is 4.79 Å². The summed E-state index contributed by atoms with van der Waals surface area (Å²) in [7, 11) is 0. The number of carbonyl (C=O) groups is 1. The van der Waals surface area contributed by atoms with Crippen LogP contribution in [0.5, 0.6) is 0 Å². The maximum Gasteiger partial charge on any atom is 0.251 e. The fourth-order valence-electron chi connectivity index (χ4n) is 1.85. The van der Waals surface area contributed by atoms with Gasteiger partial charge >= 0.3 is 0 Å². The summed E-state index contributed by atoms with van der Waals surface area (Å²) in [5.74, 6) is -0.0612. The number of hydrogen-bond acceptors (Lipinski definition) is 4. The van der Waals surface area contributed by atoms with Crippen molar-refractivity contribution in [1.82, 2.24) is 10.3 Å². The molecule has 2 aromatic rings. The van der Waals surface area contributed by atoms with Gasteiger partial charge in [0, 0.05) is 28.4 Å². The minimum Gasteiger partial charge on any atom is -0.380 e. The number of nitrogens with zero attached hydrogens (tertiary/aromatic N) is 1. The minimum atomic E-state index is -0.0612. The summed E-state index contributed by atoms with van der Waals surface area (Å²) in [5, 5.41) is 6.21. The zero-order valence-electron chi connectivity index (χ0n) is 12.2. The third-order valence-corrected chi connectivity index (χ3v) is 4.01. The average molecular weight is 324 g/mol. The molecule has 21 heavy (non-hydrogen) atoms. The number of rotatable bonds is 5. The molecule has 0 radical (unpaired) electrons. The summed E-state index contributed by atoms with van der Waals surface area (Å²) in [4.78, 5) is 17.1. The van der Waals surface area contributed by atoms with Crippen LogP contribution in [-0.2, 0) is 6.54 Å². The Labute approximate surface area is 133 Å². The molecule has 0 spiro atoms. The van der Waals surface area contributed by atoms with Gasteiger partial charge in [-0.05, 0) is 38.5 Å². The van der Waals surface area contributed by atoms with Gasteiger partial charge in [-0.2, -0.15) is 0 Å².